The molecule has 2 aliphatic rings. The molecule has 0 radical (unpaired) electrons. The summed E-state index contributed by atoms with van der Waals surface area (Å²) < 4.78 is 35.1. The number of pyridine rings is 1. The van der Waals surface area contributed by atoms with Crippen LogP contribution in [0.5, 0.6) is 5.75 Å². The molecule has 1 amide bonds. The molecule has 2 aromatic rings. The van der Waals surface area contributed by atoms with E-state index in [-0.39, 0.29) is 23.9 Å². The molecule has 1 saturated heterocycles. The van der Waals surface area contributed by atoms with E-state index in [0.29, 0.717) is 27.8 Å². The zero-order valence-electron chi connectivity index (χ0n) is 19.3. The third-order valence-corrected chi connectivity index (χ3v) is 7.45. The number of nitrogens with two attached hydrogens (primary N) is 1. The molecule has 1 aromatic heterocycles. The average Bonchev–Trinajstić information content (AvgIpc) is 3.37. The fourth-order valence-electron chi connectivity index (χ4n) is 4.43. The summed E-state index contributed by atoms with van der Waals surface area (Å²) in [6.07, 6.45) is 5.00. The smallest absolute Gasteiger partial charge is 0.222 e. The number of likely N-dealkylation sites (tertiary alicyclic amines) is 1. The lowest BCUT2D eigenvalue weighted by molar-refractivity contribution is -0.131. The van der Waals surface area contributed by atoms with Gasteiger partial charge in [0.05, 0.1) is 24.5 Å². The van der Waals surface area contributed by atoms with Gasteiger partial charge in [0.15, 0.2) is 5.17 Å². The fraction of sp³-hybridized carbons (Fsp3) is 0.400. The maximum atomic E-state index is 15.1. The van der Waals surface area contributed by atoms with Gasteiger partial charge in [-0.2, -0.15) is 0 Å². The zero-order chi connectivity index (χ0) is 24.3. The molecular formula is C25H28F2N4O2S. The Hall–Kier alpha value is -2.94. The Kier molecular flexibility index (Phi) is 7.21. The van der Waals surface area contributed by atoms with Gasteiger partial charge in [-0.15, -0.1) is 0 Å². The lowest BCUT2D eigenvalue weighted by Crippen LogP contribution is -2.42. The number of amides is 1. The van der Waals surface area contributed by atoms with Gasteiger partial charge < -0.3 is 15.4 Å². The average molecular weight is 487 g/mol. The van der Waals surface area contributed by atoms with E-state index in [4.69, 9.17) is 10.5 Å². The first-order valence-electron chi connectivity index (χ1n) is 11.2. The largest absolute Gasteiger partial charge is 0.495 e. The predicted octanol–water partition coefficient (Wildman–Crippen LogP) is 4.60. The van der Waals surface area contributed by atoms with E-state index in [1.807, 2.05) is 4.90 Å². The van der Waals surface area contributed by atoms with E-state index < -0.39 is 17.2 Å². The summed E-state index contributed by atoms with van der Waals surface area (Å²) >= 11 is 1.37. The maximum absolute atomic E-state index is 15.1. The van der Waals surface area contributed by atoms with Crippen LogP contribution in [0.3, 0.4) is 0 Å². The van der Waals surface area contributed by atoms with Gasteiger partial charge in [-0.25, -0.2) is 13.8 Å². The first-order chi connectivity index (χ1) is 16.3. The minimum atomic E-state index is -1.05. The summed E-state index contributed by atoms with van der Waals surface area (Å²) in [7, 11) is 1.51. The Bertz CT molecular complexity index is 1120. The number of rotatable bonds is 6. The Morgan fingerprint density at radius 3 is 2.76 bits per heavy atom. The molecule has 2 N–H and O–H groups in total. The molecule has 4 rings (SSSR count). The van der Waals surface area contributed by atoms with Gasteiger partial charge in [-0.05, 0) is 55.7 Å². The van der Waals surface area contributed by atoms with Crippen molar-refractivity contribution in [3.8, 4) is 5.75 Å². The van der Waals surface area contributed by atoms with E-state index in [1.165, 1.54) is 49.3 Å². The summed E-state index contributed by atoms with van der Waals surface area (Å²) in [6, 6.07) is 7.51. The molecule has 180 valence electrons. The Labute approximate surface area is 202 Å². The van der Waals surface area contributed by atoms with Crippen LogP contribution in [0.4, 0.5) is 8.78 Å². The van der Waals surface area contributed by atoms with Crippen molar-refractivity contribution in [2.45, 2.75) is 31.7 Å². The topological polar surface area (TPSA) is 80.8 Å². The molecule has 1 fully saturated rings. The highest BCUT2D eigenvalue weighted by atomic mass is 32.2. The number of nitrogens with zero attached hydrogens (tertiary/aromatic N) is 3. The van der Waals surface area contributed by atoms with E-state index >= 15 is 4.39 Å². The summed E-state index contributed by atoms with van der Waals surface area (Å²) in [4.78, 5) is 23.4. The van der Waals surface area contributed by atoms with Crippen LogP contribution < -0.4 is 10.5 Å². The number of carbonyl (C=O) groups is 1. The number of amidine groups is 1. The number of aliphatic imine (C=N–C) groups is 1. The van der Waals surface area contributed by atoms with Crippen molar-refractivity contribution in [1.82, 2.24) is 9.88 Å². The number of methoxy groups -OCH3 is 1. The number of hydrogen-bond donors (Lipinski definition) is 1. The standard InChI is InChI=1S/C25H28F2N4O2S/c1-25(17(15-34-24(28)30-25)13-23(32)31-9-3-4-10-31)19-11-16(5-7-20(19)26)12-21(27)22-8-6-18(33-2)14-29-22/h5-8,11-12,14,17H,3-4,9-10,13,15H2,1-2H3,(H2,28,30)/b21-12-/t17-,25-/m0/s1. The fourth-order valence-corrected chi connectivity index (χ4v) is 5.50. The van der Waals surface area contributed by atoms with Crippen LogP contribution in [0, 0.1) is 11.7 Å². The highest BCUT2D eigenvalue weighted by molar-refractivity contribution is 8.13. The molecule has 0 spiro atoms. The zero-order valence-corrected chi connectivity index (χ0v) is 20.1. The van der Waals surface area contributed by atoms with Crippen molar-refractivity contribution in [3.05, 3.63) is 59.2 Å². The lowest BCUT2D eigenvalue weighted by Gasteiger charge is -2.38. The molecule has 9 heteroatoms. The number of ether oxygens (including phenoxy) is 1. The Balaban J connectivity index is 1.65. The first kappa shape index (κ1) is 24.2. The molecule has 0 bridgehead atoms. The van der Waals surface area contributed by atoms with E-state index in [2.05, 4.69) is 9.98 Å². The number of carbonyl (C=O) groups excluding carboxylic acids is 1. The minimum Gasteiger partial charge on any atom is -0.495 e. The summed E-state index contributed by atoms with van der Waals surface area (Å²) in [6.45, 7) is 3.32. The van der Waals surface area contributed by atoms with E-state index in [1.54, 1.807) is 19.1 Å². The molecule has 6 nitrogen and oxygen atoms in total. The monoisotopic (exact) mass is 486 g/mol. The molecule has 0 aliphatic carbocycles. The van der Waals surface area contributed by atoms with Crippen molar-refractivity contribution in [2.24, 2.45) is 16.6 Å². The van der Waals surface area contributed by atoms with Gasteiger partial charge in [0, 0.05) is 36.7 Å². The van der Waals surface area contributed by atoms with Gasteiger partial charge in [0.25, 0.3) is 0 Å². The van der Waals surface area contributed by atoms with Gasteiger partial charge in [0.1, 0.15) is 17.4 Å². The lowest BCUT2D eigenvalue weighted by atomic mass is 9.78. The number of hydrogen-bond acceptors (Lipinski definition) is 6. The molecule has 1 aromatic carbocycles. The Morgan fingerprint density at radius 2 is 2.09 bits per heavy atom. The molecule has 2 atom stereocenters. The second-order valence-corrected chi connectivity index (χ2v) is 9.75. The number of thioether (sulfide) groups is 1. The second kappa shape index (κ2) is 10.1. The quantitative estimate of drug-likeness (QED) is 0.645. The number of aromatic nitrogens is 1. The van der Waals surface area contributed by atoms with Crippen LogP contribution in [-0.4, -0.2) is 46.9 Å². The van der Waals surface area contributed by atoms with Gasteiger partial charge in [0.2, 0.25) is 5.91 Å². The molecule has 0 unspecified atom stereocenters. The third kappa shape index (κ3) is 5.09. The van der Waals surface area contributed by atoms with Gasteiger partial charge in [-0.1, -0.05) is 17.8 Å². The molecule has 3 heterocycles. The third-order valence-electron chi connectivity index (χ3n) is 6.50. The molecule has 34 heavy (non-hydrogen) atoms. The highest BCUT2D eigenvalue weighted by Crippen LogP contribution is 2.43. The van der Waals surface area contributed by atoms with Crippen molar-refractivity contribution >= 4 is 34.7 Å². The predicted molar refractivity (Wildman–Crippen MR) is 132 cm³/mol. The van der Waals surface area contributed by atoms with Crippen LogP contribution >= 0.6 is 11.8 Å². The SMILES string of the molecule is COc1ccc(/C(F)=C/c2ccc(F)c([C@@]3(C)N=C(N)SC[C@@H]3CC(=O)N3CCCC3)c2)nc1. The molecule has 2 aliphatic heterocycles. The molecular weight excluding hydrogens is 458 g/mol. The van der Waals surface area contributed by atoms with Crippen molar-refractivity contribution in [1.29, 1.82) is 0 Å². The minimum absolute atomic E-state index is 0.0538. The molecule has 0 saturated carbocycles. The van der Waals surface area contributed by atoms with Crippen molar-refractivity contribution < 1.29 is 18.3 Å². The van der Waals surface area contributed by atoms with Crippen LogP contribution in [0.2, 0.25) is 0 Å². The van der Waals surface area contributed by atoms with Crippen LogP contribution in [0.25, 0.3) is 11.9 Å². The van der Waals surface area contributed by atoms with Gasteiger partial charge in [-0.3, -0.25) is 9.79 Å². The Morgan fingerprint density at radius 1 is 1.32 bits per heavy atom. The number of halogens is 2. The van der Waals surface area contributed by atoms with E-state index in [0.717, 1.165) is 25.9 Å². The second-order valence-electron chi connectivity index (χ2n) is 8.71. The van der Waals surface area contributed by atoms with Crippen molar-refractivity contribution in [3.63, 3.8) is 0 Å². The summed E-state index contributed by atoms with van der Waals surface area (Å²) in [5, 5.41) is 0.348. The maximum Gasteiger partial charge on any atom is 0.222 e. The highest BCUT2D eigenvalue weighted by Gasteiger charge is 2.42. The van der Waals surface area contributed by atoms with Gasteiger partial charge >= 0.3 is 0 Å². The van der Waals surface area contributed by atoms with E-state index in [9.17, 15) is 9.18 Å². The summed E-state index contributed by atoms with van der Waals surface area (Å²) in [5.41, 5.74) is 5.88. The van der Waals surface area contributed by atoms with Crippen LogP contribution in [0.1, 0.15) is 43.0 Å². The van der Waals surface area contributed by atoms with Crippen molar-refractivity contribution in [2.75, 3.05) is 26.0 Å². The van der Waals surface area contributed by atoms with Crippen LogP contribution in [-0.2, 0) is 10.3 Å². The first-order valence-corrected chi connectivity index (χ1v) is 12.2. The normalized spacial score (nSPS) is 23.1. The van der Waals surface area contributed by atoms with Crippen LogP contribution in [0.15, 0.2) is 41.5 Å². The number of benzene rings is 1. The summed E-state index contributed by atoms with van der Waals surface area (Å²) in [5.74, 6) is -0.153.